The van der Waals surface area contributed by atoms with E-state index in [9.17, 15) is 8.42 Å². The molecule has 1 aromatic rings. The lowest BCUT2D eigenvalue weighted by Gasteiger charge is -2.32. The van der Waals surface area contributed by atoms with Gasteiger partial charge in [0.05, 0.1) is 5.25 Å². The Morgan fingerprint density at radius 1 is 1.35 bits per heavy atom. The number of pyridine rings is 1. The molecule has 17 heavy (non-hydrogen) atoms. The zero-order valence-corrected chi connectivity index (χ0v) is 11.1. The maximum absolute atomic E-state index is 11.5. The number of nitrogens with zero attached hydrogens (tertiary/aromatic N) is 2. The van der Waals surface area contributed by atoms with Crippen LogP contribution < -0.4 is 4.90 Å². The van der Waals surface area contributed by atoms with Crippen molar-refractivity contribution < 1.29 is 8.42 Å². The number of piperidine rings is 1. The average Bonchev–Trinajstić information content (AvgIpc) is 2.29. The van der Waals surface area contributed by atoms with Crippen LogP contribution in [0, 0.1) is 6.92 Å². The van der Waals surface area contributed by atoms with Gasteiger partial charge in [-0.25, -0.2) is 13.4 Å². The molecule has 0 atom stereocenters. The Bertz CT molecular complexity index is 491. The SMILES string of the molecule is Cc1cccnc1N1CCC(S(C)(=O)=O)CC1. The van der Waals surface area contributed by atoms with Crippen LogP contribution in [0.25, 0.3) is 0 Å². The summed E-state index contributed by atoms with van der Waals surface area (Å²) in [6, 6.07) is 3.95. The highest BCUT2D eigenvalue weighted by atomic mass is 32.2. The molecule has 2 heterocycles. The molecule has 1 fully saturated rings. The molecule has 0 radical (unpaired) electrons. The lowest BCUT2D eigenvalue weighted by atomic mass is 10.1. The maximum atomic E-state index is 11.5. The van der Waals surface area contributed by atoms with Gasteiger partial charge in [0, 0.05) is 25.5 Å². The Balaban J connectivity index is 2.08. The molecule has 0 N–H and O–H groups in total. The molecule has 1 aliphatic heterocycles. The Morgan fingerprint density at radius 2 is 2.00 bits per heavy atom. The van der Waals surface area contributed by atoms with Crippen LogP contribution in [-0.2, 0) is 9.84 Å². The van der Waals surface area contributed by atoms with Crippen molar-refractivity contribution in [2.45, 2.75) is 25.0 Å². The van der Waals surface area contributed by atoms with Crippen molar-refractivity contribution in [1.82, 2.24) is 4.98 Å². The van der Waals surface area contributed by atoms with E-state index in [-0.39, 0.29) is 5.25 Å². The van der Waals surface area contributed by atoms with E-state index in [2.05, 4.69) is 9.88 Å². The summed E-state index contributed by atoms with van der Waals surface area (Å²) < 4.78 is 22.9. The summed E-state index contributed by atoms with van der Waals surface area (Å²) in [7, 11) is -2.89. The van der Waals surface area contributed by atoms with Crippen LogP contribution in [0.4, 0.5) is 5.82 Å². The maximum Gasteiger partial charge on any atom is 0.150 e. The van der Waals surface area contributed by atoms with Gasteiger partial charge in [-0.2, -0.15) is 0 Å². The number of aryl methyl sites for hydroxylation is 1. The van der Waals surface area contributed by atoms with E-state index in [1.165, 1.54) is 6.26 Å². The van der Waals surface area contributed by atoms with Gasteiger partial charge in [0.2, 0.25) is 0 Å². The largest absolute Gasteiger partial charge is 0.356 e. The molecular weight excluding hydrogens is 236 g/mol. The van der Waals surface area contributed by atoms with Crippen LogP contribution in [0.15, 0.2) is 18.3 Å². The van der Waals surface area contributed by atoms with Gasteiger partial charge in [0.1, 0.15) is 15.7 Å². The van der Waals surface area contributed by atoms with Gasteiger partial charge >= 0.3 is 0 Å². The number of sulfone groups is 1. The van der Waals surface area contributed by atoms with E-state index in [0.717, 1.165) is 24.5 Å². The van der Waals surface area contributed by atoms with E-state index in [1.54, 1.807) is 6.20 Å². The monoisotopic (exact) mass is 254 g/mol. The minimum atomic E-state index is -2.89. The fraction of sp³-hybridized carbons (Fsp3) is 0.583. The molecule has 2 rings (SSSR count). The van der Waals surface area contributed by atoms with Crippen LogP contribution in [0.2, 0.25) is 0 Å². The first-order chi connectivity index (χ1) is 7.98. The number of rotatable bonds is 2. The van der Waals surface area contributed by atoms with Crippen LogP contribution in [-0.4, -0.2) is 38.0 Å². The molecule has 0 bridgehead atoms. The zero-order chi connectivity index (χ0) is 12.5. The first-order valence-electron chi connectivity index (χ1n) is 5.84. The Hall–Kier alpha value is -1.10. The fourth-order valence-corrected chi connectivity index (χ4v) is 3.37. The van der Waals surface area contributed by atoms with E-state index >= 15 is 0 Å². The number of hydrogen-bond donors (Lipinski definition) is 0. The van der Waals surface area contributed by atoms with E-state index in [4.69, 9.17) is 0 Å². The highest BCUT2D eigenvalue weighted by molar-refractivity contribution is 7.91. The molecule has 1 saturated heterocycles. The third-order valence-electron chi connectivity index (χ3n) is 3.33. The Morgan fingerprint density at radius 3 is 2.53 bits per heavy atom. The smallest absolute Gasteiger partial charge is 0.150 e. The van der Waals surface area contributed by atoms with E-state index < -0.39 is 9.84 Å². The first kappa shape index (κ1) is 12.4. The Labute approximate surface area is 103 Å². The molecule has 0 saturated carbocycles. The quantitative estimate of drug-likeness (QED) is 0.800. The summed E-state index contributed by atoms with van der Waals surface area (Å²) in [5.74, 6) is 0.986. The minimum absolute atomic E-state index is 0.178. The van der Waals surface area contributed by atoms with Crippen molar-refractivity contribution in [3.05, 3.63) is 23.9 Å². The Kier molecular flexibility index (Phi) is 3.38. The highest BCUT2D eigenvalue weighted by Gasteiger charge is 2.27. The van der Waals surface area contributed by atoms with E-state index in [0.29, 0.717) is 12.8 Å². The van der Waals surface area contributed by atoms with Crippen molar-refractivity contribution in [2.75, 3.05) is 24.2 Å². The average molecular weight is 254 g/mol. The van der Waals surface area contributed by atoms with Gasteiger partial charge in [-0.05, 0) is 31.4 Å². The van der Waals surface area contributed by atoms with Gasteiger partial charge < -0.3 is 4.90 Å². The first-order valence-corrected chi connectivity index (χ1v) is 7.79. The van der Waals surface area contributed by atoms with Crippen molar-refractivity contribution >= 4 is 15.7 Å². The standard InChI is InChI=1S/C12H18N2O2S/c1-10-4-3-7-13-12(10)14-8-5-11(6-9-14)17(2,15)16/h3-4,7,11H,5-6,8-9H2,1-2H3. The molecule has 5 heteroatoms. The lowest BCUT2D eigenvalue weighted by molar-refractivity contribution is 0.532. The second-order valence-electron chi connectivity index (χ2n) is 4.66. The van der Waals surface area contributed by atoms with Crippen molar-refractivity contribution in [2.24, 2.45) is 0 Å². The molecule has 0 unspecified atom stereocenters. The van der Waals surface area contributed by atoms with Gasteiger partial charge in [0.25, 0.3) is 0 Å². The second kappa shape index (κ2) is 4.64. The summed E-state index contributed by atoms with van der Waals surface area (Å²) in [6.07, 6.45) is 4.52. The number of anilines is 1. The second-order valence-corrected chi connectivity index (χ2v) is 6.99. The molecule has 1 aromatic heterocycles. The molecule has 4 nitrogen and oxygen atoms in total. The van der Waals surface area contributed by atoms with Gasteiger partial charge in [-0.15, -0.1) is 0 Å². The number of hydrogen-bond acceptors (Lipinski definition) is 4. The zero-order valence-electron chi connectivity index (χ0n) is 10.3. The lowest BCUT2D eigenvalue weighted by Crippen LogP contribution is -2.39. The summed E-state index contributed by atoms with van der Waals surface area (Å²) in [5, 5.41) is -0.178. The van der Waals surface area contributed by atoms with Gasteiger partial charge in [-0.3, -0.25) is 0 Å². The van der Waals surface area contributed by atoms with Gasteiger partial charge in [-0.1, -0.05) is 6.07 Å². The molecular formula is C12H18N2O2S. The van der Waals surface area contributed by atoms with Crippen LogP contribution in [0.1, 0.15) is 18.4 Å². The van der Waals surface area contributed by atoms with E-state index in [1.807, 2.05) is 19.1 Å². The predicted molar refractivity (Wildman–Crippen MR) is 69.1 cm³/mol. The third kappa shape index (κ3) is 2.77. The van der Waals surface area contributed by atoms with Crippen LogP contribution >= 0.6 is 0 Å². The van der Waals surface area contributed by atoms with Crippen molar-refractivity contribution in [3.63, 3.8) is 0 Å². The summed E-state index contributed by atoms with van der Waals surface area (Å²) in [5.41, 5.74) is 1.14. The molecule has 94 valence electrons. The molecule has 1 aliphatic rings. The minimum Gasteiger partial charge on any atom is -0.356 e. The topological polar surface area (TPSA) is 50.3 Å². The third-order valence-corrected chi connectivity index (χ3v) is 5.01. The normalized spacial score (nSPS) is 18.4. The van der Waals surface area contributed by atoms with Crippen molar-refractivity contribution in [1.29, 1.82) is 0 Å². The molecule has 0 aliphatic carbocycles. The fourth-order valence-electron chi connectivity index (χ4n) is 2.30. The molecule has 0 aromatic carbocycles. The molecule has 0 amide bonds. The highest BCUT2D eigenvalue weighted by Crippen LogP contribution is 2.23. The summed E-state index contributed by atoms with van der Waals surface area (Å²) >= 11 is 0. The summed E-state index contributed by atoms with van der Waals surface area (Å²) in [6.45, 7) is 3.58. The van der Waals surface area contributed by atoms with Crippen molar-refractivity contribution in [3.8, 4) is 0 Å². The summed E-state index contributed by atoms with van der Waals surface area (Å²) in [4.78, 5) is 6.54. The number of aromatic nitrogens is 1. The van der Waals surface area contributed by atoms with Gasteiger partial charge in [0.15, 0.2) is 0 Å². The predicted octanol–water partition coefficient (Wildman–Crippen LogP) is 1.40. The molecule has 0 spiro atoms. The van der Waals surface area contributed by atoms with Crippen LogP contribution in [0.3, 0.4) is 0 Å². The van der Waals surface area contributed by atoms with Crippen LogP contribution in [0.5, 0.6) is 0 Å².